The van der Waals surface area contributed by atoms with Crippen molar-refractivity contribution in [1.82, 2.24) is 4.90 Å². The lowest BCUT2D eigenvalue weighted by atomic mass is 9.91. The molecule has 0 unspecified atom stereocenters. The molecular weight excluding hydrogens is 330 g/mol. The number of amides is 1. The lowest BCUT2D eigenvalue weighted by Crippen LogP contribution is -2.25. The number of aryl methyl sites for hydroxylation is 1. The van der Waals surface area contributed by atoms with Crippen LogP contribution in [0.1, 0.15) is 42.6 Å². The van der Waals surface area contributed by atoms with Gasteiger partial charge in [0.25, 0.3) is 0 Å². The first-order chi connectivity index (χ1) is 11.1. The average Bonchev–Trinajstić information content (AvgIpc) is 3.02. The maximum Gasteiger partial charge on any atom is 0.341 e. The zero-order valence-electron chi connectivity index (χ0n) is 14.5. The van der Waals surface area contributed by atoms with Crippen molar-refractivity contribution in [3.8, 4) is 0 Å². The molecule has 0 aliphatic carbocycles. The smallest absolute Gasteiger partial charge is 0.341 e. The number of furan rings is 1. The molecule has 2 heterocycles. The second kappa shape index (κ2) is 6.84. The summed E-state index contributed by atoms with van der Waals surface area (Å²) < 4.78 is 10.2. The summed E-state index contributed by atoms with van der Waals surface area (Å²) in [5.74, 6) is 0.568. The van der Waals surface area contributed by atoms with E-state index in [-0.39, 0.29) is 24.0 Å². The predicted molar refractivity (Wildman–Crippen MR) is 90.3 cm³/mol. The van der Waals surface area contributed by atoms with Gasteiger partial charge in [0.2, 0.25) is 5.91 Å². The van der Waals surface area contributed by atoms with Gasteiger partial charge in [-0.3, -0.25) is 14.5 Å². The Morgan fingerprint density at radius 2 is 2.08 bits per heavy atom. The quantitative estimate of drug-likeness (QED) is 0.613. The molecule has 0 aromatic carbocycles. The molecule has 0 atom stereocenters. The van der Waals surface area contributed by atoms with E-state index in [1.165, 1.54) is 29.8 Å². The van der Waals surface area contributed by atoms with Gasteiger partial charge in [-0.25, -0.2) is 4.79 Å². The maximum atomic E-state index is 12.2. The Morgan fingerprint density at radius 3 is 2.67 bits per heavy atom. The van der Waals surface area contributed by atoms with Crippen LogP contribution >= 0.6 is 11.8 Å². The molecule has 2 rings (SSSR count). The third kappa shape index (κ3) is 3.90. The lowest BCUT2D eigenvalue weighted by Gasteiger charge is -2.18. The highest BCUT2D eigenvalue weighted by Gasteiger charge is 2.30. The number of nitrogens with zero attached hydrogens (tertiary/aromatic N) is 1. The molecule has 0 N–H and O–H groups in total. The minimum Gasteiger partial charge on any atom is -0.465 e. The Morgan fingerprint density at radius 1 is 1.42 bits per heavy atom. The summed E-state index contributed by atoms with van der Waals surface area (Å²) in [7, 11) is 1.30. The fraction of sp³-hybridized carbons (Fsp3) is 0.471. The first kappa shape index (κ1) is 18.3. The summed E-state index contributed by atoms with van der Waals surface area (Å²) in [4.78, 5) is 37.5. The topological polar surface area (TPSA) is 76.8 Å². The van der Waals surface area contributed by atoms with Gasteiger partial charge in [-0.05, 0) is 13.0 Å². The fourth-order valence-electron chi connectivity index (χ4n) is 2.12. The average molecular weight is 351 g/mol. The van der Waals surface area contributed by atoms with Crippen LogP contribution in [0.3, 0.4) is 0 Å². The number of esters is 1. The van der Waals surface area contributed by atoms with E-state index >= 15 is 0 Å². The first-order valence-electron chi connectivity index (χ1n) is 7.50. The second-order valence-electron chi connectivity index (χ2n) is 6.54. The summed E-state index contributed by atoms with van der Waals surface area (Å²) in [5.41, 5.74) is -0.174. The zero-order chi connectivity index (χ0) is 18.1. The van der Waals surface area contributed by atoms with Gasteiger partial charge in [-0.1, -0.05) is 32.5 Å². The molecule has 7 heteroatoms. The van der Waals surface area contributed by atoms with E-state index in [4.69, 9.17) is 9.15 Å². The number of methoxy groups -OCH3 is 1. The van der Waals surface area contributed by atoms with E-state index in [0.29, 0.717) is 22.1 Å². The van der Waals surface area contributed by atoms with Crippen LogP contribution < -0.4 is 0 Å². The summed E-state index contributed by atoms with van der Waals surface area (Å²) in [5, 5.41) is 0.605. The van der Waals surface area contributed by atoms with Crippen molar-refractivity contribution < 1.29 is 23.5 Å². The minimum absolute atomic E-state index is 0.0458. The zero-order valence-corrected chi connectivity index (χ0v) is 15.3. The third-order valence-electron chi connectivity index (χ3n) is 3.59. The Kier molecular flexibility index (Phi) is 5.22. The van der Waals surface area contributed by atoms with Gasteiger partial charge in [0.1, 0.15) is 17.1 Å². The van der Waals surface area contributed by atoms with Crippen LogP contribution in [0.5, 0.6) is 0 Å². The molecule has 24 heavy (non-hydrogen) atoms. The van der Waals surface area contributed by atoms with Crippen molar-refractivity contribution >= 4 is 29.4 Å². The minimum atomic E-state index is -0.510. The molecule has 0 spiro atoms. The fourth-order valence-corrected chi connectivity index (χ4v) is 3.06. The second-order valence-corrected chi connectivity index (χ2v) is 7.54. The highest BCUT2D eigenvalue weighted by Crippen LogP contribution is 2.32. The number of hydrogen-bond donors (Lipinski definition) is 0. The van der Waals surface area contributed by atoms with Crippen LogP contribution in [0.4, 0.5) is 0 Å². The van der Waals surface area contributed by atoms with Crippen LogP contribution in [-0.4, -0.2) is 35.4 Å². The number of ether oxygens (including phenoxy) is 1. The number of rotatable bonds is 4. The third-order valence-corrected chi connectivity index (χ3v) is 4.62. The lowest BCUT2D eigenvalue weighted by molar-refractivity contribution is -0.126. The van der Waals surface area contributed by atoms with Gasteiger partial charge < -0.3 is 9.15 Å². The molecule has 1 aliphatic rings. The summed E-state index contributed by atoms with van der Waals surface area (Å²) in [6.45, 7) is 7.33. The molecule has 0 radical (unpaired) electrons. The Balaban J connectivity index is 2.24. The molecule has 1 fully saturated rings. The number of carbonyl (C=O) groups excluding carboxylic acids is 3. The number of ketones is 1. The van der Waals surface area contributed by atoms with Gasteiger partial charge >= 0.3 is 5.97 Å². The van der Waals surface area contributed by atoms with Gasteiger partial charge in [0, 0.05) is 11.5 Å². The molecule has 1 amide bonds. The normalized spacial score (nSPS) is 16.8. The number of thioether (sulfide) groups is 1. The molecule has 1 aromatic heterocycles. The molecule has 0 saturated carbocycles. The van der Waals surface area contributed by atoms with Crippen molar-refractivity contribution in [2.75, 3.05) is 12.9 Å². The first-order valence-corrected chi connectivity index (χ1v) is 8.49. The van der Waals surface area contributed by atoms with E-state index in [1.807, 2.05) is 20.8 Å². The van der Waals surface area contributed by atoms with E-state index in [9.17, 15) is 14.4 Å². The molecule has 130 valence electrons. The van der Waals surface area contributed by atoms with Crippen molar-refractivity contribution in [3.05, 3.63) is 34.3 Å². The predicted octanol–water partition coefficient (Wildman–Crippen LogP) is 2.91. The van der Waals surface area contributed by atoms with Crippen LogP contribution in [0.25, 0.3) is 0 Å². The van der Waals surface area contributed by atoms with Gasteiger partial charge in [-0.15, -0.1) is 0 Å². The molecule has 0 bridgehead atoms. The van der Waals surface area contributed by atoms with E-state index in [1.54, 1.807) is 13.0 Å². The standard InChI is InChI=1S/C17H21NO5S/c1-10-12(16(21)22-5)6-11(23-10)8-18-14(20)9-24-15(18)7-13(19)17(2,3)4/h6-7H,8-9H2,1-5H3/b15-7-. The van der Waals surface area contributed by atoms with Crippen molar-refractivity contribution in [2.45, 2.75) is 34.2 Å². The molecule has 1 aromatic rings. The molecular formula is C17H21NO5S. The monoisotopic (exact) mass is 351 g/mol. The largest absolute Gasteiger partial charge is 0.465 e. The molecule has 6 nitrogen and oxygen atoms in total. The number of allylic oxidation sites excluding steroid dienone is 1. The summed E-state index contributed by atoms with van der Waals surface area (Å²) >= 11 is 1.33. The number of carbonyl (C=O) groups is 3. The Bertz CT molecular complexity index is 711. The summed E-state index contributed by atoms with van der Waals surface area (Å²) in [6.07, 6.45) is 1.51. The highest BCUT2D eigenvalue weighted by molar-refractivity contribution is 8.04. The van der Waals surface area contributed by atoms with E-state index < -0.39 is 11.4 Å². The number of hydrogen-bond acceptors (Lipinski definition) is 6. The van der Waals surface area contributed by atoms with Gasteiger partial charge in [0.15, 0.2) is 5.78 Å². The maximum absolute atomic E-state index is 12.2. The van der Waals surface area contributed by atoms with E-state index in [0.717, 1.165) is 0 Å². The van der Waals surface area contributed by atoms with Crippen LogP contribution in [0, 0.1) is 12.3 Å². The van der Waals surface area contributed by atoms with Gasteiger partial charge in [0.05, 0.1) is 24.4 Å². The SMILES string of the molecule is COC(=O)c1cc(CN2C(=O)CS/C2=C\C(=O)C(C)(C)C)oc1C. The molecule has 1 saturated heterocycles. The van der Waals surface area contributed by atoms with Crippen LogP contribution in [-0.2, 0) is 20.9 Å². The van der Waals surface area contributed by atoms with Crippen molar-refractivity contribution in [1.29, 1.82) is 0 Å². The highest BCUT2D eigenvalue weighted by atomic mass is 32.2. The van der Waals surface area contributed by atoms with E-state index in [2.05, 4.69) is 0 Å². The molecule has 1 aliphatic heterocycles. The Hall–Kier alpha value is -2.02. The van der Waals surface area contributed by atoms with Crippen LogP contribution in [0.15, 0.2) is 21.6 Å². The summed E-state index contributed by atoms with van der Waals surface area (Å²) in [6, 6.07) is 1.57. The van der Waals surface area contributed by atoms with Crippen molar-refractivity contribution in [2.24, 2.45) is 5.41 Å². The van der Waals surface area contributed by atoms with Crippen LogP contribution in [0.2, 0.25) is 0 Å². The van der Waals surface area contributed by atoms with Crippen molar-refractivity contribution in [3.63, 3.8) is 0 Å². The van der Waals surface area contributed by atoms with Gasteiger partial charge in [-0.2, -0.15) is 0 Å². The Labute approximate surface area is 145 Å².